The molecule has 1 aliphatic rings. The fourth-order valence-electron chi connectivity index (χ4n) is 2.79. The van der Waals surface area contributed by atoms with Gasteiger partial charge in [0.2, 0.25) is 10.0 Å². The van der Waals surface area contributed by atoms with Crippen LogP contribution in [-0.2, 0) is 10.0 Å². The smallest absolute Gasteiger partial charge is 0.255 e. The van der Waals surface area contributed by atoms with Crippen LogP contribution < -0.4 is 5.32 Å². The Bertz CT molecular complexity index is 860. The second-order valence-electron chi connectivity index (χ2n) is 5.95. The van der Waals surface area contributed by atoms with Crippen LogP contribution in [0.5, 0.6) is 0 Å². The molecule has 2 aromatic carbocycles. The molecule has 1 fully saturated rings. The third-order valence-corrected chi connectivity index (χ3v) is 6.57. The monoisotopic (exact) mass is 422 g/mol. The second kappa shape index (κ2) is 7.68. The molecule has 1 saturated heterocycles. The number of amides is 1. The number of nitrogens with zero attached hydrogens (tertiary/aromatic N) is 1. The van der Waals surface area contributed by atoms with Crippen molar-refractivity contribution in [2.24, 2.45) is 0 Å². The largest absolute Gasteiger partial charge is 0.322 e. The molecule has 1 N–H and O–H groups in total. The van der Waals surface area contributed by atoms with E-state index in [1.807, 2.05) is 0 Å². The van der Waals surface area contributed by atoms with E-state index in [2.05, 4.69) is 21.2 Å². The van der Waals surface area contributed by atoms with E-state index in [4.69, 9.17) is 0 Å². The Labute approximate surface area is 156 Å². The first-order valence-corrected chi connectivity index (χ1v) is 10.4. The van der Waals surface area contributed by atoms with Gasteiger partial charge >= 0.3 is 0 Å². The predicted octanol–water partition coefficient (Wildman–Crippen LogP) is 3.88. The average molecular weight is 423 g/mol. The zero-order valence-corrected chi connectivity index (χ0v) is 16.0. The van der Waals surface area contributed by atoms with E-state index >= 15 is 0 Å². The number of rotatable bonds is 4. The fraction of sp³-hybridized carbons (Fsp3) is 0.278. The molecular weight excluding hydrogens is 404 g/mol. The third kappa shape index (κ3) is 4.29. The molecule has 0 aromatic heterocycles. The maximum Gasteiger partial charge on any atom is 0.255 e. The Hall–Kier alpha value is -1.70. The number of nitrogens with one attached hydrogen (secondary N) is 1. The highest BCUT2D eigenvalue weighted by molar-refractivity contribution is 9.10. The average Bonchev–Trinajstić information content (AvgIpc) is 2.63. The standard InChI is InChI=1S/C18H19BrN2O3S/c19-15-9-7-14(8-10-15)18(22)20-16-5-4-6-17(13-16)25(23,24)21-11-2-1-3-12-21/h4-10,13H,1-3,11-12H2,(H,20,22). The second-order valence-corrected chi connectivity index (χ2v) is 8.81. The van der Waals surface area contributed by atoms with Crippen molar-refractivity contribution in [3.05, 3.63) is 58.6 Å². The van der Waals surface area contributed by atoms with Crippen LogP contribution in [0.2, 0.25) is 0 Å². The van der Waals surface area contributed by atoms with Gasteiger partial charge in [0.25, 0.3) is 5.91 Å². The van der Waals surface area contributed by atoms with Crippen molar-refractivity contribution in [2.45, 2.75) is 24.2 Å². The molecule has 1 amide bonds. The molecule has 0 spiro atoms. The van der Waals surface area contributed by atoms with E-state index in [-0.39, 0.29) is 10.8 Å². The molecule has 0 radical (unpaired) electrons. The van der Waals surface area contributed by atoms with Crippen molar-refractivity contribution in [2.75, 3.05) is 18.4 Å². The van der Waals surface area contributed by atoms with Gasteiger partial charge in [0.05, 0.1) is 4.90 Å². The summed E-state index contributed by atoms with van der Waals surface area (Å²) in [4.78, 5) is 12.5. The zero-order chi connectivity index (χ0) is 17.9. The summed E-state index contributed by atoms with van der Waals surface area (Å²) in [5, 5.41) is 2.76. The van der Waals surface area contributed by atoms with Crippen LogP contribution in [0.15, 0.2) is 57.9 Å². The number of carbonyl (C=O) groups is 1. The van der Waals surface area contributed by atoms with Gasteiger partial charge in [0.15, 0.2) is 0 Å². The third-order valence-electron chi connectivity index (χ3n) is 4.15. The molecule has 0 atom stereocenters. The van der Waals surface area contributed by atoms with Gasteiger partial charge in [-0.25, -0.2) is 8.42 Å². The lowest BCUT2D eigenvalue weighted by molar-refractivity contribution is 0.102. The van der Waals surface area contributed by atoms with Crippen LogP contribution in [0.25, 0.3) is 0 Å². The Morgan fingerprint density at radius 2 is 1.68 bits per heavy atom. The van der Waals surface area contributed by atoms with Crippen molar-refractivity contribution >= 4 is 37.5 Å². The maximum atomic E-state index is 12.7. The minimum Gasteiger partial charge on any atom is -0.322 e. The van der Waals surface area contributed by atoms with Gasteiger partial charge in [-0.2, -0.15) is 4.31 Å². The lowest BCUT2D eigenvalue weighted by Crippen LogP contribution is -2.35. The lowest BCUT2D eigenvalue weighted by Gasteiger charge is -2.26. The van der Waals surface area contributed by atoms with Gasteiger partial charge in [-0.1, -0.05) is 28.4 Å². The summed E-state index contributed by atoms with van der Waals surface area (Å²) in [6.07, 6.45) is 2.84. The van der Waals surface area contributed by atoms with E-state index in [0.29, 0.717) is 24.3 Å². The van der Waals surface area contributed by atoms with Gasteiger partial charge in [-0.3, -0.25) is 4.79 Å². The molecule has 5 nitrogen and oxygen atoms in total. The van der Waals surface area contributed by atoms with Gasteiger partial charge in [-0.15, -0.1) is 0 Å². The first-order chi connectivity index (χ1) is 12.0. The van der Waals surface area contributed by atoms with Crippen molar-refractivity contribution in [1.82, 2.24) is 4.31 Å². The van der Waals surface area contributed by atoms with Gasteiger partial charge in [-0.05, 0) is 55.3 Å². The maximum absolute atomic E-state index is 12.7. The first-order valence-electron chi connectivity index (χ1n) is 8.14. The number of carbonyl (C=O) groups excluding carboxylic acids is 1. The number of sulfonamides is 1. The highest BCUT2D eigenvalue weighted by atomic mass is 79.9. The normalized spacial score (nSPS) is 15.7. The summed E-state index contributed by atoms with van der Waals surface area (Å²) < 4.78 is 27.9. The molecule has 3 rings (SSSR count). The molecule has 7 heteroatoms. The molecule has 2 aromatic rings. The Kier molecular flexibility index (Phi) is 5.56. The van der Waals surface area contributed by atoms with Crippen molar-refractivity contribution < 1.29 is 13.2 Å². The van der Waals surface area contributed by atoms with Crippen LogP contribution in [0.1, 0.15) is 29.6 Å². The molecule has 1 aliphatic heterocycles. The van der Waals surface area contributed by atoms with E-state index in [0.717, 1.165) is 23.7 Å². The Balaban J connectivity index is 1.79. The summed E-state index contributed by atoms with van der Waals surface area (Å²) >= 11 is 3.33. The first kappa shape index (κ1) is 18.1. The van der Waals surface area contributed by atoms with Crippen LogP contribution >= 0.6 is 15.9 Å². The minimum atomic E-state index is -3.51. The summed E-state index contributed by atoms with van der Waals surface area (Å²) in [7, 11) is -3.51. The zero-order valence-electron chi connectivity index (χ0n) is 13.6. The highest BCUT2D eigenvalue weighted by Gasteiger charge is 2.26. The molecule has 0 unspecified atom stereocenters. The van der Waals surface area contributed by atoms with Crippen molar-refractivity contribution in [1.29, 1.82) is 0 Å². The Morgan fingerprint density at radius 1 is 1.00 bits per heavy atom. The summed E-state index contributed by atoms with van der Waals surface area (Å²) in [5.41, 5.74) is 0.971. The van der Waals surface area contributed by atoms with Crippen LogP contribution in [0, 0.1) is 0 Å². The topological polar surface area (TPSA) is 66.5 Å². The van der Waals surface area contributed by atoms with Gasteiger partial charge in [0, 0.05) is 28.8 Å². The number of hydrogen-bond acceptors (Lipinski definition) is 3. The van der Waals surface area contributed by atoms with Crippen molar-refractivity contribution in [3.63, 3.8) is 0 Å². The van der Waals surface area contributed by atoms with Crippen molar-refractivity contribution in [3.8, 4) is 0 Å². The van der Waals surface area contributed by atoms with Crippen LogP contribution in [0.3, 0.4) is 0 Å². The van der Waals surface area contributed by atoms with E-state index in [9.17, 15) is 13.2 Å². The number of piperidine rings is 1. The number of benzene rings is 2. The minimum absolute atomic E-state index is 0.211. The quantitative estimate of drug-likeness (QED) is 0.812. The SMILES string of the molecule is O=C(Nc1cccc(S(=O)(=O)N2CCCCC2)c1)c1ccc(Br)cc1. The number of anilines is 1. The van der Waals surface area contributed by atoms with Crippen LogP contribution in [0.4, 0.5) is 5.69 Å². The predicted molar refractivity (Wildman–Crippen MR) is 101 cm³/mol. The molecule has 0 aliphatic carbocycles. The summed E-state index contributed by atoms with van der Waals surface area (Å²) in [6.45, 7) is 1.11. The summed E-state index contributed by atoms with van der Waals surface area (Å²) in [5.74, 6) is -0.278. The number of hydrogen-bond donors (Lipinski definition) is 1. The lowest BCUT2D eigenvalue weighted by atomic mass is 10.2. The highest BCUT2D eigenvalue weighted by Crippen LogP contribution is 2.23. The van der Waals surface area contributed by atoms with Crippen LogP contribution in [-0.4, -0.2) is 31.7 Å². The molecule has 132 valence electrons. The van der Waals surface area contributed by atoms with E-state index in [1.54, 1.807) is 42.5 Å². The number of halogens is 1. The van der Waals surface area contributed by atoms with E-state index < -0.39 is 10.0 Å². The van der Waals surface area contributed by atoms with Gasteiger partial charge < -0.3 is 5.32 Å². The van der Waals surface area contributed by atoms with E-state index in [1.165, 1.54) is 10.4 Å². The molecule has 1 heterocycles. The molecule has 0 saturated carbocycles. The summed E-state index contributed by atoms with van der Waals surface area (Å²) in [6, 6.07) is 13.4. The van der Waals surface area contributed by atoms with Gasteiger partial charge in [0.1, 0.15) is 0 Å². The molecule has 0 bridgehead atoms. The Morgan fingerprint density at radius 3 is 2.36 bits per heavy atom. The molecule has 25 heavy (non-hydrogen) atoms. The fourth-order valence-corrected chi connectivity index (χ4v) is 4.62. The molecular formula is C18H19BrN2O3S.